The SMILES string of the molecule is CC(C)(CC(N)=O)NC(=O)c1cccc(CCN)c1. The van der Waals surface area contributed by atoms with Crippen LogP contribution in [0.3, 0.4) is 0 Å². The van der Waals surface area contributed by atoms with Crippen molar-refractivity contribution in [3.05, 3.63) is 35.4 Å². The smallest absolute Gasteiger partial charge is 0.251 e. The van der Waals surface area contributed by atoms with Gasteiger partial charge in [-0.3, -0.25) is 9.59 Å². The van der Waals surface area contributed by atoms with Crippen LogP contribution >= 0.6 is 0 Å². The van der Waals surface area contributed by atoms with Gasteiger partial charge in [0, 0.05) is 17.5 Å². The predicted octanol–water partition coefficient (Wildman–Crippen LogP) is 0.572. The quantitative estimate of drug-likeness (QED) is 0.699. The Bertz CT molecular complexity index is 470. The van der Waals surface area contributed by atoms with Crippen molar-refractivity contribution in [2.45, 2.75) is 32.2 Å². The van der Waals surface area contributed by atoms with Crippen molar-refractivity contribution < 1.29 is 9.59 Å². The van der Waals surface area contributed by atoms with Crippen LogP contribution in [0.4, 0.5) is 0 Å². The predicted molar refractivity (Wildman–Crippen MR) is 74.6 cm³/mol. The Morgan fingerprint density at radius 3 is 2.58 bits per heavy atom. The van der Waals surface area contributed by atoms with E-state index >= 15 is 0 Å². The van der Waals surface area contributed by atoms with E-state index in [0.29, 0.717) is 12.1 Å². The lowest BCUT2D eigenvalue weighted by Crippen LogP contribution is -2.46. The Morgan fingerprint density at radius 1 is 1.32 bits per heavy atom. The molecule has 5 N–H and O–H groups in total. The maximum atomic E-state index is 12.1. The highest BCUT2D eigenvalue weighted by Crippen LogP contribution is 2.11. The molecule has 0 spiro atoms. The van der Waals surface area contributed by atoms with E-state index in [-0.39, 0.29) is 12.3 Å². The molecule has 104 valence electrons. The van der Waals surface area contributed by atoms with Gasteiger partial charge < -0.3 is 16.8 Å². The lowest BCUT2D eigenvalue weighted by Gasteiger charge is -2.24. The minimum Gasteiger partial charge on any atom is -0.370 e. The van der Waals surface area contributed by atoms with Crippen LogP contribution in [0.2, 0.25) is 0 Å². The Hall–Kier alpha value is -1.88. The van der Waals surface area contributed by atoms with Crippen molar-refractivity contribution in [3.63, 3.8) is 0 Å². The molecule has 0 radical (unpaired) electrons. The van der Waals surface area contributed by atoms with Crippen LogP contribution in [0.1, 0.15) is 36.2 Å². The van der Waals surface area contributed by atoms with Crippen molar-refractivity contribution in [2.24, 2.45) is 11.5 Å². The van der Waals surface area contributed by atoms with Gasteiger partial charge in [-0.2, -0.15) is 0 Å². The Balaban J connectivity index is 2.77. The van der Waals surface area contributed by atoms with Gasteiger partial charge in [0.1, 0.15) is 0 Å². The summed E-state index contributed by atoms with van der Waals surface area (Å²) in [6.07, 6.45) is 0.826. The zero-order chi connectivity index (χ0) is 14.5. The molecule has 0 aliphatic rings. The molecule has 1 rings (SSSR count). The first kappa shape index (κ1) is 15.2. The van der Waals surface area contributed by atoms with E-state index in [1.165, 1.54) is 0 Å². The molecular formula is C14H21N3O2. The van der Waals surface area contributed by atoms with Gasteiger partial charge >= 0.3 is 0 Å². The highest BCUT2D eigenvalue weighted by atomic mass is 16.2. The summed E-state index contributed by atoms with van der Waals surface area (Å²) in [5.41, 5.74) is 11.6. The fourth-order valence-electron chi connectivity index (χ4n) is 1.89. The van der Waals surface area contributed by atoms with Crippen molar-refractivity contribution in [3.8, 4) is 0 Å². The number of hydrogen-bond donors (Lipinski definition) is 3. The van der Waals surface area contributed by atoms with Gasteiger partial charge in [-0.25, -0.2) is 0 Å². The van der Waals surface area contributed by atoms with Crippen LogP contribution in [0, 0.1) is 0 Å². The standard InChI is InChI=1S/C14H21N3O2/c1-14(2,9-12(16)18)17-13(19)11-5-3-4-10(8-11)6-7-15/h3-5,8H,6-7,9,15H2,1-2H3,(H2,16,18)(H,17,19). The van der Waals surface area contributed by atoms with Gasteiger partial charge in [-0.05, 0) is 44.5 Å². The zero-order valence-corrected chi connectivity index (χ0v) is 11.4. The highest BCUT2D eigenvalue weighted by Gasteiger charge is 2.23. The first-order valence-electron chi connectivity index (χ1n) is 6.24. The average Bonchev–Trinajstić information content (AvgIpc) is 2.27. The molecule has 1 aromatic carbocycles. The Labute approximate surface area is 113 Å². The van der Waals surface area contributed by atoms with E-state index in [2.05, 4.69) is 5.32 Å². The summed E-state index contributed by atoms with van der Waals surface area (Å²) >= 11 is 0. The number of carbonyl (C=O) groups excluding carboxylic acids is 2. The molecule has 0 fully saturated rings. The van der Waals surface area contributed by atoms with Gasteiger partial charge in [0.25, 0.3) is 5.91 Å². The summed E-state index contributed by atoms with van der Waals surface area (Å²) in [6, 6.07) is 7.29. The number of rotatable bonds is 6. The molecule has 0 bridgehead atoms. The summed E-state index contributed by atoms with van der Waals surface area (Å²) in [5, 5.41) is 2.80. The third kappa shape index (κ3) is 5.09. The zero-order valence-electron chi connectivity index (χ0n) is 11.4. The molecule has 0 saturated carbocycles. The van der Waals surface area contributed by atoms with Crippen molar-refractivity contribution in [1.29, 1.82) is 0 Å². The summed E-state index contributed by atoms with van der Waals surface area (Å²) in [5.74, 6) is -0.660. The van der Waals surface area contributed by atoms with Gasteiger partial charge in [0.05, 0.1) is 0 Å². The number of hydrogen-bond acceptors (Lipinski definition) is 3. The summed E-state index contributed by atoms with van der Waals surface area (Å²) in [7, 11) is 0. The van der Waals surface area contributed by atoms with E-state index in [4.69, 9.17) is 11.5 Å². The van der Waals surface area contributed by atoms with Crippen LogP contribution in [-0.4, -0.2) is 23.9 Å². The van der Waals surface area contributed by atoms with Crippen LogP contribution in [0.5, 0.6) is 0 Å². The molecule has 0 aliphatic carbocycles. The van der Waals surface area contributed by atoms with E-state index < -0.39 is 11.4 Å². The van der Waals surface area contributed by atoms with Gasteiger partial charge in [-0.15, -0.1) is 0 Å². The molecule has 1 aromatic rings. The average molecular weight is 263 g/mol. The highest BCUT2D eigenvalue weighted by molar-refractivity contribution is 5.95. The number of primary amides is 1. The van der Waals surface area contributed by atoms with Crippen LogP contribution in [0.15, 0.2) is 24.3 Å². The fraction of sp³-hybridized carbons (Fsp3) is 0.429. The molecule has 19 heavy (non-hydrogen) atoms. The molecule has 2 amide bonds. The van der Waals surface area contributed by atoms with Crippen molar-refractivity contribution in [2.75, 3.05) is 6.54 Å². The molecule has 0 aromatic heterocycles. The van der Waals surface area contributed by atoms with E-state index in [9.17, 15) is 9.59 Å². The number of nitrogens with one attached hydrogen (secondary N) is 1. The lowest BCUT2D eigenvalue weighted by molar-refractivity contribution is -0.119. The Morgan fingerprint density at radius 2 is 2.00 bits per heavy atom. The second-order valence-electron chi connectivity index (χ2n) is 5.22. The molecule has 5 nitrogen and oxygen atoms in total. The first-order chi connectivity index (χ1) is 8.84. The van der Waals surface area contributed by atoms with Crippen LogP contribution < -0.4 is 16.8 Å². The van der Waals surface area contributed by atoms with E-state index in [1.54, 1.807) is 19.9 Å². The van der Waals surface area contributed by atoms with Gasteiger partial charge in [-0.1, -0.05) is 12.1 Å². The number of nitrogens with two attached hydrogens (primary N) is 2. The molecular weight excluding hydrogens is 242 g/mol. The molecule has 0 heterocycles. The molecule has 0 atom stereocenters. The Kier molecular flexibility index (Phi) is 5.06. The minimum atomic E-state index is -0.660. The number of benzene rings is 1. The first-order valence-corrected chi connectivity index (χ1v) is 6.24. The van der Waals surface area contributed by atoms with Crippen LogP contribution in [-0.2, 0) is 11.2 Å². The maximum absolute atomic E-state index is 12.1. The third-order valence-corrected chi connectivity index (χ3v) is 2.69. The van der Waals surface area contributed by atoms with Crippen LogP contribution in [0.25, 0.3) is 0 Å². The van der Waals surface area contributed by atoms with Crippen molar-refractivity contribution >= 4 is 11.8 Å². The largest absolute Gasteiger partial charge is 0.370 e. The fourth-order valence-corrected chi connectivity index (χ4v) is 1.89. The third-order valence-electron chi connectivity index (χ3n) is 2.69. The number of carbonyl (C=O) groups is 2. The molecule has 0 saturated heterocycles. The van der Waals surface area contributed by atoms with E-state index in [1.807, 2.05) is 18.2 Å². The monoisotopic (exact) mass is 263 g/mol. The normalized spacial score (nSPS) is 11.1. The second-order valence-corrected chi connectivity index (χ2v) is 5.22. The molecule has 0 aliphatic heterocycles. The number of amides is 2. The summed E-state index contributed by atoms with van der Waals surface area (Å²) in [4.78, 5) is 23.0. The molecule has 5 heteroatoms. The summed E-state index contributed by atoms with van der Waals surface area (Å²) < 4.78 is 0. The minimum absolute atomic E-state index is 0.0984. The van der Waals surface area contributed by atoms with E-state index in [0.717, 1.165) is 12.0 Å². The maximum Gasteiger partial charge on any atom is 0.251 e. The molecule has 0 unspecified atom stereocenters. The van der Waals surface area contributed by atoms with Gasteiger partial charge in [0.15, 0.2) is 0 Å². The second kappa shape index (κ2) is 6.33. The van der Waals surface area contributed by atoms with Gasteiger partial charge in [0.2, 0.25) is 5.91 Å². The lowest BCUT2D eigenvalue weighted by atomic mass is 9.99. The topological polar surface area (TPSA) is 98.2 Å². The van der Waals surface area contributed by atoms with Crippen molar-refractivity contribution in [1.82, 2.24) is 5.32 Å². The summed E-state index contributed by atoms with van der Waals surface area (Å²) in [6.45, 7) is 4.07.